The van der Waals surface area contributed by atoms with Gasteiger partial charge in [0.15, 0.2) is 5.16 Å². The number of thioether (sulfide) groups is 1. The standard InChI is InChI=1S/C23H22N4O2S/c1-16-4-6-18(7-5-16)21-14-20(17-8-10-19(29-2)11-9-17)26-27(21)22(28)15-30-23-24-12-3-13-25-23/h3-13,21H,14-15H2,1-2H3/t21-/m1/s1. The largest absolute Gasteiger partial charge is 0.497 e. The molecule has 0 fully saturated rings. The highest BCUT2D eigenvalue weighted by Crippen LogP contribution is 2.34. The number of aromatic nitrogens is 2. The van der Waals surface area contributed by atoms with Gasteiger partial charge in [0, 0.05) is 18.8 Å². The average molecular weight is 419 g/mol. The van der Waals surface area contributed by atoms with Crippen LogP contribution in [-0.2, 0) is 4.79 Å². The first-order valence-electron chi connectivity index (χ1n) is 9.64. The molecule has 1 amide bonds. The van der Waals surface area contributed by atoms with Gasteiger partial charge in [-0.25, -0.2) is 15.0 Å². The molecule has 0 radical (unpaired) electrons. The first-order chi connectivity index (χ1) is 14.6. The van der Waals surface area contributed by atoms with Gasteiger partial charge in [-0.05, 0) is 48.4 Å². The van der Waals surface area contributed by atoms with E-state index in [2.05, 4.69) is 41.2 Å². The van der Waals surface area contributed by atoms with E-state index in [4.69, 9.17) is 9.84 Å². The van der Waals surface area contributed by atoms with Gasteiger partial charge < -0.3 is 4.74 Å². The Balaban J connectivity index is 1.58. The van der Waals surface area contributed by atoms with Crippen LogP contribution in [0.3, 0.4) is 0 Å². The molecule has 1 aliphatic heterocycles. The van der Waals surface area contributed by atoms with E-state index in [-0.39, 0.29) is 17.7 Å². The second-order valence-electron chi connectivity index (χ2n) is 6.96. The van der Waals surface area contributed by atoms with Crippen LogP contribution in [0.25, 0.3) is 0 Å². The van der Waals surface area contributed by atoms with Crippen molar-refractivity contribution in [1.82, 2.24) is 15.0 Å². The molecule has 0 aliphatic carbocycles. The van der Waals surface area contributed by atoms with Crippen molar-refractivity contribution in [3.63, 3.8) is 0 Å². The van der Waals surface area contributed by atoms with Crippen LogP contribution in [0.4, 0.5) is 0 Å². The quantitative estimate of drug-likeness (QED) is 0.442. The van der Waals surface area contributed by atoms with Crippen molar-refractivity contribution in [3.05, 3.63) is 83.7 Å². The number of hydrogen-bond donors (Lipinski definition) is 0. The third-order valence-electron chi connectivity index (χ3n) is 4.92. The molecule has 2 heterocycles. The molecule has 7 heteroatoms. The Kier molecular flexibility index (Phi) is 6.09. The molecule has 0 bridgehead atoms. The fraction of sp³-hybridized carbons (Fsp3) is 0.217. The highest BCUT2D eigenvalue weighted by Gasteiger charge is 2.33. The van der Waals surface area contributed by atoms with E-state index in [9.17, 15) is 4.79 Å². The van der Waals surface area contributed by atoms with Crippen molar-refractivity contribution < 1.29 is 9.53 Å². The molecule has 30 heavy (non-hydrogen) atoms. The Labute approximate surface area is 180 Å². The lowest BCUT2D eigenvalue weighted by Gasteiger charge is -2.22. The van der Waals surface area contributed by atoms with E-state index in [1.807, 2.05) is 24.3 Å². The molecular weight excluding hydrogens is 396 g/mol. The first-order valence-corrected chi connectivity index (χ1v) is 10.6. The summed E-state index contributed by atoms with van der Waals surface area (Å²) in [7, 11) is 1.64. The minimum absolute atomic E-state index is 0.0680. The number of amides is 1. The molecule has 1 aromatic heterocycles. The smallest absolute Gasteiger partial charge is 0.253 e. The maximum atomic E-state index is 13.1. The molecule has 0 unspecified atom stereocenters. The minimum atomic E-state index is -0.132. The van der Waals surface area contributed by atoms with Crippen molar-refractivity contribution in [2.45, 2.75) is 24.5 Å². The van der Waals surface area contributed by atoms with Gasteiger partial charge in [-0.15, -0.1) is 0 Å². The topological polar surface area (TPSA) is 67.7 Å². The number of methoxy groups -OCH3 is 1. The molecule has 152 valence electrons. The Morgan fingerprint density at radius 2 is 1.80 bits per heavy atom. The Morgan fingerprint density at radius 3 is 2.47 bits per heavy atom. The molecule has 3 aromatic rings. The number of hydrogen-bond acceptors (Lipinski definition) is 6. The molecular formula is C23H22N4O2S. The molecule has 6 nitrogen and oxygen atoms in total. The summed E-state index contributed by atoms with van der Waals surface area (Å²) in [5, 5.41) is 6.90. The van der Waals surface area contributed by atoms with E-state index >= 15 is 0 Å². The number of ether oxygens (including phenoxy) is 1. The van der Waals surface area contributed by atoms with Gasteiger partial charge >= 0.3 is 0 Å². The Hall–Kier alpha value is -3.19. The Morgan fingerprint density at radius 1 is 1.10 bits per heavy atom. The second-order valence-corrected chi connectivity index (χ2v) is 7.91. The lowest BCUT2D eigenvalue weighted by Crippen LogP contribution is -2.28. The zero-order valence-electron chi connectivity index (χ0n) is 16.9. The first kappa shape index (κ1) is 20.1. The number of carbonyl (C=O) groups is 1. The van der Waals surface area contributed by atoms with Crippen molar-refractivity contribution >= 4 is 23.4 Å². The molecule has 0 saturated heterocycles. The van der Waals surface area contributed by atoms with E-state index < -0.39 is 0 Å². The maximum Gasteiger partial charge on any atom is 0.253 e. The molecule has 4 rings (SSSR count). The summed E-state index contributed by atoms with van der Waals surface area (Å²) in [6, 6.07) is 17.7. The van der Waals surface area contributed by atoms with Gasteiger partial charge in [0.05, 0.1) is 24.6 Å². The van der Waals surface area contributed by atoms with Crippen LogP contribution in [0.2, 0.25) is 0 Å². The molecule has 1 atom stereocenters. The molecule has 0 saturated carbocycles. The van der Waals surface area contributed by atoms with E-state index in [1.54, 1.807) is 30.6 Å². The lowest BCUT2D eigenvalue weighted by molar-refractivity contribution is -0.130. The van der Waals surface area contributed by atoms with Crippen LogP contribution in [0.1, 0.15) is 29.2 Å². The summed E-state index contributed by atoms with van der Waals surface area (Å²) in [6.45, 7) is 2.05. The van der Waals surface area contributed by atoms with Crippen molar-refractivity contribution in [2.75, 3.05) is 12.9 Å². The fourth-order valence-electron chi connectivity index (χ4n) is 3.30. The van der Waals surface area contributed by atoms with Crippen LogP contribution in [-0.4, -0.2) is 39.5 Å². The summed E-state index contributed by atoms with van der Waals surface area (Å²) >= 11 is 1.32. The monoisotopic (exact) mass is 418 g/mol. The van der Waals surface area contributed by atoms with Crippen LogP contribution in [0, 0.1) is 6.92 Å². The number of aryl methyl sites for hydroxylation is 1. The van der Waals surface area contributed by atoms with Crippen LogP contribution >= 0.6 is 11.8 Å². The van der Waals surface area contributed by atoms with Gasteiger partial charge in [-0.3, -0.25) is 4.79 Å². The summed E-state index contributed by atoms with van der Waals surface area (Å²) in [5.41, 5.74) is 4.13. The second kappa shape index (κ2) is 9.09. The number of benzene rings is 2. The predicted octanol–water partition coefficient (Wildman–Crippen LogP) is 4.26. The minimum Gasteiger partial charge on any atom is -0.497 e. The predicted molar refractivity (Wildman–Crippen MR) is 118 cm³/mol. The normalized spacial score (nSPS) is 15.7. The zero-order valence-corrected chi connectivity index (χ0v) is 17.7. The Bertz CT molecular complexity index is 1040. The van der Waals surface area contributed by atoms with Gasteiger partial charge in [0.2, 0.25) is 0 Å². The molecule has 1 aliphatic rings. The fourth-order valence-corrected chi connectivity index (χ4v) is 3.95. The van der Waals surface area contributed by atoms with E-state index in [1.165, 1.54) is 17.3 Å². The highest BCUT2D eigenvalue weighted by atomic mass is 32.2. The van der Waals surface area contributed by atoms with Gasteiger partial charge in [-0.2, -0.15) is 5.10 Å². The van der Waals surface area contributed by atoms with E-state index in [0.29, 0.717) is 11.6 Å². The summed E-state index contributed by atoms with van der Waals surface area (Å²) in [5.74, 6) is 0.951. The van der Waals surface area contributed by atoms with Crippen molar-refractivity contribution in [3.8, 4) is 5.75 Å². The van der Waals surface area contributed by atoms with Crippen LogP contribution in [0.15, 0.2) is 77.2 Å². The number of rotatable bonds is 6. The summed E-state index contributed by atoms with van der Waals surface area (Å²) in [6.07, 6.45) is 4.00. The molecule has 0 spiro atoms. The zero-order chi connectivity index (χ0) is 20.9. The number of hydrazone groups is 1. The van der Waals surface area contributed by atoms with E-state index in [0.717, 1.165) is 22.6 Å². The average Bonchev–Trinajstić information content (AvgIpc) is 3.24. The summed E-state index contributed by atoms with van der Waals surface area (Å²) in [4.78, 5) is 21.4. The lowest BCUT2D eigenvalue weighted by atomic mass is 9.97. The third-order valence-corrected chi connectivity index (χ3v) is 5.78. The maximum absolute atomic E-state index is 13.1. The van der Waals surface area contributed by atoms with Crippen molar-refractivity contribution in [1.29, 1.82) is 0 Å². The molecule has 2 aromatic carbocycles. The van der Waals surface area contributed by atoms with Crippen molar-refractivity contribution in [2.24, 2.45) is 5.10 Å². The van der Waals surface area contributed by atoms with Crippen LogP contribution < -0.4 is 4.74 Å². The molecule has 0 N–H and O–H groups in total. The van der Waals surface area contributed by atoms with Crippen LogP contribution in [0.5, 0.6) is 5.75 Å². The number of carbonyl (C=O) groups excluding carboxylic acids is 1. The highest BCUT2D eigenvalue weighted by molar-refractivity contribution is 7.99. The SMILES string of the molecule is COc1ccc(C2=NN(C(=O)CSc3ncccn3)[C@@H](c3ccc(C)cc3)C2)cc1. The van der Waals surface area contributed by atoms with Gasteiger partial charge in [-0.1, -0.05) is 41.6 Å². The van der Waals surface area contributed by atoms with Gasteiger partial charge in [0.1, 0.15) is 5.75 Å². The summed E-state index contributed by atoms with van der Waals surface area (Å²) < 4.78 is 5.25. The third kappa shape index (κ3) is 4.52. The van der Waals surface area contributed by atoms with Gasteiger partial charge in [0.25, 0.3) is 5.91 Å². The number of nitrogens with zero attached hydrogens (tertiary/aromatic N) is 4.